The van der Waals surface area contributed by atoms with Crippen LogP contribution < -0.4 is 5.32 Å². The molecular formula is C19H16N4OS. The molecule has 0 spiro atoms. The Hall–Kier alpha value is -2.99. The molecule has 5 nitrogen and oxygen atoms in total. The number of rotatable bonds is 3. The molecule has 1 aliphatic rings. The molecule has 0 bridgehead atoms. The largest absolute Gasteiger partial charge is 0.341 e. The predicted molar refractivity (Wildman–Crippen MR) is 101 cm³/mol. The van der Waals surface area contributed by atoms with Gasteiger partial charge in [-0.25, -0.2) is 9.98 Å². The number of hydrogen-bond donors (Lipinski definition) is 1. The fourth-order valence-electron chi connectivity index (χ4n) is 2.69. The van der Waals surface area contributed by atoms with Crippen LogP contribution in [0.3, 0.4) is 0 Å². The van der Waals surface area contributed by atoms with Crippen molar-refractivity contribution in [2.24, 2.45) is 4.99 Å². The van der Waals surface area contributed by atoms with E-state index >= 15 is 0 Å². The van der Waals surface area contributed by atoms with Gasteiger partial charge in [-0.2, -0.15) is 0 Å². The lowest BCUT2D eigenvalue weighted by Crippen LogP contribution is -2.37. The number of amides is 1. The first-order chi connectivity index (χ1) is 12.2. The monoisotopic (exact) mass is 348 g/mol. The zero-order valence-corrected chi connectivity index (χ0v) is 14.5. The quantitative estimate of drug-likeness (QED) is 0.739. The number of thiazole rings is 1. The van der Waals surface area contributed by atoms with Gasteiger partial charge in [-0.05, 0) is 29.3 Å². The summed E-state index contributed by atoms with van der Waals surface area (Å²) in [6.45, 7) is 0.681. The standard InChI is InChI=1S/C19H16N4OS/c1-23(11-13-5-3-2-4-6-13)19-21-16(18(24)22-19)9-14-7-8-15-17(10-14)25-12-20-15/h2-10,12H,11H2,1H3,(H,21,22,24). The normalized spacial score (nSPS) is 15.5. The van der Waals surface area contributed by atoms with E-state index < -0.39 is 0 Å². The molecule has 0 atom stereocenters. The molecule has 1 amide bonds. The average molecular weight is 348 g/mol. The van der Waals surface area contributed by atoms with E-state index in [2.05, 4.69) is 27.4 Å². The highest BCUT2D eigenvalue weighted by Gasteiger charge is 2.22. The van der Waals surface area contributed by atoms with Gasteiger partial charge in [0.05, 0.1) is 15.7 Å². The first kappa shape index (κ1) is 15.5. The maximum Gasteiger partial charge on any atom is 0.276 e. The number of carbonyl (C=O) groups excluding carboxylic acids is 1. The molecule has 0 fully saturated rings. The van der Waals surface area contributed by atoms with Gasteiger partial charge in [-0.1, -0.05) is 36.4 Å². The first-order valence-corrected chi connectivity index (χ1v) is 8.77. The van der Waals surface area contributed by atoms with Crippen LogP contribution in [-0.2, 0) is 11.3 Å². The SMILES string of the molecule is CN(Cc1ccccc1)C1=NC(=Cc2ccc3ncsc3c2)C(=O)N1. The second kappa shape index (κ2) is 6.49. The van der Waals surface area contributed by atoms with Crippen molar-refractivity contribution in [1.82, 2.24) is 15.2 Å². The van der Waals surface area contributed by atoms with Crippen molar-refractivity contribution in [1.29, 1.82) is 0 Å². The van der Waals surface area contributed by atoms with Crippen LogP contribution in [0, 0.1) is 0 Å². The van der Waals surface area contributed by atoms with Gasteiger partial charge >= 0.3 is 0 Å². The third-order valence-electron chi connectivity index (χ3n) is 3.97. The van der Waals surface area contributed by atoms with E-state index in [0.717, 1.165) is 21.3 Å². The number of carbonyl (C=O) groups is 1. The summed E-state index contributed by atoms with van der Waals surface area (Å²) < 4.78 is 1.10. The van der Waals surface area contributed by atoms with Crippen LogP contribution >= 0.6 is 11.3 Å². The molecule has 0 aliphatic carbocycles. The summed E-state index contributed by atoms with van der Waals surface area (Å²) in [7, 11) is 1.92. The smallest absolute Gasteiger partial charge is 0.276 e. The minimum absolute atomic E-state index is 0.181. The third kappa shape index (κ3) is 3.29. The van der Waals surface area contributed by atoms with Gasteiger partial charge in [-0.15, -0.1) is 11.3 Å². The van der Waals surface area contributed by atoms with E-state index in [1.807, 2.05) is 53.9 Å². The molecule has 1 aliphatic heterocycles. The van der Waals surface area contributed by atoms with Crippen LogP contribution in [0.25, 0.3) is 16.3 Å². The minimum Gasteiger partial charge on any atom is -0.341 e. The lowest BCUT2D eigenvalue weighted by Gasteiger charge is -2.17. The van der Waals surface area contributed by atoms with E-state index in [1.54, 1.807) is 17.4 Å². The Labute approximate surface area is 149 Å². The Morgan fingerprint density at radius 3 is 2.88 bits per heavy atom. The van der Waals surface area contributed by atoms with Crippen LogP contribution in [0.15, 0.2) is 64.7 Å². The van der Waals surface area contributed by atoms with Gasteiger partial charge in [0.15, 0.2) is 0 Å². The molecule has 3 aromatic rings. The number of nitrogens with one attached hydrogen (secondary N) is 1. The summed E-state index contributed by atoms with van der Waals surface area (Å²) in [4.78, 5) is 22.9. The molecule has 2 aromatic carbocycles. The molecule has 4 rings (SSSR count). The van der Waals surface area contributed by atoms with E-state index in [0.29, 0.717) is 18.2 Å². The molecule has 0 unspecified atom stereocenters. The molecular weight excluding hydrogens is 332 g/mol. The molecule has 1 aromatic heterocycles. The molecule has 0 radical (unpaired) electrons. The third-order valence-corrected chi connectivity index (χ3v) is 4.76. The number of aromatic nitrogens is 1. The molecule has 2 heterocycles. The maximum atomic E-state index is 12.2. The number of hydrogen-bond acceptors (Lipinski definition) is 5. The molecule has 0 saturated carbocycles. The van der Waals surface area contributed by atoms with Crippen molar-refractivity contribution in [2.75, 3.05) is 7.05 Å². The summed E-state index contributed by atoms with van der Waals surface area (Å²) in [5, 5.41) is 2.84. The number of aliphatic imine (C=N–C) groups is 1. The van der Waals surface area contributed by atoms with Crippen LogP contribution in [0.5, 0.6) is 0 Å². The summed E-state index contributed by atoms with van der Waals surface area (Å²) in [5.41, 5.74) is 5.31. The number of guanidine groups is 1. The van der Waals surface area contributed by atoms with E-state index in [4.69, 9.17) is 0 Å². The first-order valence-electron chi connectivity index (χ1n) is 7.89. The van der Waals surface area contributed by atoms with Gasteiger partial charge in [0.2, 0.25) is 5.96 Å². The maximum absolute atomic E-state index is 12.2. The van der Waals surface area contributed by atoms with E-state index in [9.17, 15) is 4.79 Å². The Balaban J connectivity index is 1.56. The molecule has 1 N–H and O–H groups in total. The number of benzene rings is 2. The number of fused-ring (bicyclic) bond motifs is 1. The predicted octanol–water partition coefficient (Wildman–Crippen LogP) is 3.26. The minimum atomic E-state index is -0.181. The summed E-state index contributed by atoms with van der Waals surface area (Å²) >= 11 is 1.58. The highest BCUT2D eigenvalue weighted by molar-refractivity contribution is 7.16. The zero-order chi connectivity index (χ0) is 17.2. The van der Waals surface area contributed by atoms with Crippen molar-refractivity contribution in [3.8, 4) is 0 Å². The Kier molecular flexibility index (Phi) is 4.03. The zero-order valence-electron chi connectivity index (χ0n) is 13.6. The van der Waals surface area contributed by atoms with Crippen molar-refractivity contribution < 1.29 is 4.79 Å². The average Bonchev–Trinajstić information content (AvgIpc) is 3.22. The van der Waals surface area contributed by atoms with Crippen molar-refractivity contribution in [2.45, 2.75) is 6.54 Å². The topological polar surface area (TPSA) is 57.6 Å². The summed E-state index contributed by atoms with van der Waals surface area (Å²) in [5.74, 6) is 0.387. The lowest BCUT2D eigenvalue weighted by molar-refractivity contribution is -0.115. The summed E-state index contributed by atoms with van der Waals surface area (Å²) in [6.07, 6.45) is 1.80. The van der Waals surface area contributed by atoms with Crippen molar-refractivity contribution >= 4 is 39.5 Å². The van der Waals surface area contributed by atoms with Crippen LogP contribution in [0.2, 0.25) is 0 Å². The van der Waals surface area contributed by atoms with E-state index in [1.165, 1.54) is 0 Å². The van der Waals surface area contributed by atoms with Crippen LogP contribution in [0.1, 0.15) is 11.1 Å². The van der Waals surface area contributed by atoms with Gasteiger partial charge < -0.3 is 4.90 Å². The Bertz CT molecular complexity index is 991. The Morgan fingerprint density at radius 2 is 2.04 bits per heavy atom. The van der Waals surface area contributed by atoms with E-state index in [-0.39, 0.29) is 5.91 Å². The highest BCUT2D eigenvalue weighted by atomic mass is 32.1. The van der Waals surface area contributed by atoms with Crippen LogP contribution in [0.4, 0.5) is 0 Å². The van der Waals surface area contributed by atoms with Gasteiger partial charge in [0.1, 0.15) is 5.70 Å². The van der Waals surface area contributed by atoms with Crippen molar-refractivity contribution in [3.63, 3.8) is 0 Å². The highest BCUT2D eigenvalue weighted by Crippen LogP contribution is 2.21. The van der Waals surface area contributed by atoms with Gasteiger partial charge in [-0.3, -0.25) is 10.1 Å². The lowest BCUT2D eigenvalue weighted by atomic mass is 10.2. The second-order valence-corrected chi connectivity index (χ2v) is 6.73. The molecule has 0 saturated heterocycles. The second-order valence-electron chi connectivity index (χ2n) is 5.84. The number of nitrogens with zero attached hydrogens (tertiary/aromatic N) is 3. The van der Waals surface area contributed by atoms with Crippen molar-refractivity contribution in [3.05, 3.63) is 70.9 Å². The molecule has 6 heteroatoms. The fourth-order valence-corrected chi connectivity index (χ4v) is 3.41. The Morgan fingerprint density at radius 1 is 1.20 bits per heavy atom. The molecule has 25 heavy (non-hydrogen) atoms. The van der Waals surface area contributed by atoms with Crippen LogP contribution in [-0.4, -0.2) is 28.8 Å². The van der Waals surface area contributed by atoms with Gasteiger partial charge in [0.25, 0.3) is 5.91 Å². The molecule has 124 valence electrons. The van der Waals surface area contributed by atoms with Gasteiger partial charge in [0, 0.05) is 13.6 Å². The fraction of sp³-hybridized carbons (Fsp3) is 0.105. The summed E-state index contributed by atoms with van der Waals surface area (Å²) in [6, 6.07) is 16.0.